The van der Waals surface area contributed by atoms with Crippen LogP contribution in [-0.2, 0) is 0 Å². The minimum atomic E-state index is -0.740. The molecule has 0 saturated carbocycles. The van der Waals surface area contributed by atoms with Crippen LogP contribution in [0.5, 0.6) is 0 Å². The Morgan fingerprint density at radius 2 is 2.03 bits per heavy atom. The quantitative estimate of drug-likeness (QED) is 0.427. The standard InChI is InChI=1S/C19H17N5O3S2/c25-16-9-13(21-18(27)23-16)17(26)24-20-10-11-5-1-3-7-14(11)28-19-22-12-6-2-4-8-15(12)29-19/h2,4,6,8-10H,1,3,5,7H2,(H,24,26)(H2,21,23,25,27)/b20-10+. The van der Waals surface area contributed by atoms with E-state index in [1.54, 1.807) is 29.3 Å². The van der Waals surface area contributed by atoms with Crippen LogP contribution in [0.2, 0.25) is 0 Å². The zero-order valence-electron chi connectivity index (χ0n) is 15.2. The van der Waals surface area contributed by atoms with Crippen LogP contribution < -0.4 is 16.7 Å². The summed E-state index contributed by atoms with van der Waals surface area (Å²) >= 11 is 3.31. The fraction of sp³-hybridized carbons (Fsp3) is 0.211. The van der Waals surface area contributed by atoms with Gasteiger partial charge in [-0.05, 0) is 48.3 Å². The molecular formula is C19H17N5O3S2. The molecule has 0 aliphatic heterocycles. The van der Waals surface area contributed by atoms with Crippen LogP contribution in [0.1, 0.15) is 36.2 Å². The van der Waals surface area contributed by atoms with E-state index in [0.717, 1.165) is 51.9 Å². The SMILES string of the molecule is O=C(N/N=C/C1=C(Sc2nc3ccccc3s2)CCCC1)c1cc(=O)[nH]c(=O)[nH]1. The summed E-state index contributed by atoms with van der Waals surface area (Å²) in [5.74, 6) is -0.652. The third-order valence-electron chi connectivity index (χ3n) is 4.33. The van der Waals surface area contributed by atoms with Gasteiger partial charge in [-0.15, -0.1) is 11.3 Å². The molecule has 0 saturated heterocycles. The number of rotatable bonds is 5. The van der Waals surface area contributed by atoms with E-state index >= 15 is 0 Å². The second-order valence-electron chi connectivity index (χ2n) is 6.41. The normalized spacial score (nSPS) is 14.6. The number of hydrogen-bond acceptors (Lipinski definition) is 7. The summed E-state index contributed by atoms with van der Waals surface area (Å²) in [5, 5.41) is 4.02. The monoisotopic (exact) mass is 427 g/mol. The smallest absolute Gasteiger partial charge is 0.303 e. The van der Waals surface area contributed by atoms with Crippen molar-refractivity contribution < 1.29 is 4.79 Å². The number of thioether (sulfide) groups is 1. The number of carbonyl (C=O) groups excluding carboxylic acids is 1. The summed E-state index contributed by atoms with van der Waals surface area (Å²) in [6.45, 7) is 0. The second kappa shape index (κ2) is 8.58. The first-order valence-electron chi connectivity index (χ1n) is 9.01. The van der Waals surface area contributed by atoms with Crippen molar-refractivity contribution in [2.24, 2.45) is 5.10 Å². The lowest BCUT2D eigenvalue weighted by molar-refractivity contribution is 0.0949. The van der Waals surface area contributed by atoms with Crippen molar-refractivity contribution in [1.29, 1.82) is 0 Å². The van der Waals surface area contributed by atoms with Gasteiger partial charge in [0.25, 0.3) is 11.5 Å². The van der Waals surface area contributed by atoms with Gasteiger partial charge in [-0.25, -0.2) is 15.2 Å². The Hall–Kier alpha value is -2.98. The van der Waals surface area contributed by atoms with E-state index in [1.807, 2.05) is 23.2 Å². The number of nitrogens with zero attached hydrogens (tertiary/aromatic N) is 2. The number of allylic oxidation sites excluding steroid dienone is 2. The van der Waals surface area contributed by atoms with Crippen molar-refractivity contribution in [2.45, 2.75) is 30.0 Å². The molecule has 0 spiro atoms. The lowest BCUT2D eigenvalue weighted by Gasteiger charge is -2.16. The Kier molecular flexibility index (Phi) is 5.72. The molecule has 8 nitrogen and oxygen atoms in total. The number of hydrogen-bond donors (Lipinski definition) is 3. The summed E-state index contributed by atoms with van der Waals surface area (Å²) < 4.78 is 2.14. The maximum atomic E-state index is 12.1. The number of aromatic nitrogens is 3. The predicted octanol–water partition coefficient (Wildman–Crippen LogP) is 3.01. The molecule has 1 aliphatic rings. The van der Waals surface area contributed by atoms with E-state index in [1.165, 1.54) is 4.91 Å². The fourth-order valence-corrected chi connectivity index (χ4v) is 5.30. The number of amides is 1. The number of benzene rings is 1. The van der Waals surface area contributed by atoms with Gasteiger partial charge < -0.3 is 4.98 Å². The summed E-state index contributed by atoms with van der Waals surface area (Å²) in [5.41, 5.74) is 2.88. The Labute approximate surface area is 173 Å². The fourth-order valence-electron chi connectivity index (χ4n) is 2.97. The van der Waals surface area contributed by atoms with Gasteiger partial charge in [0.05, 0.1) is 16.4 Å². The van der Waals surface area contributed by atoms with Crippen LogP contribution >= 0.6 is 23.1 Å². The summed E-state index contributed by atoms with van der Waals surface area (Å²) in [6, 6.07) is 9.06. The van der Waals surface area contributed by atoms with E-state index in [0.29, 0.717) is 0 Å². The largest absolute Gasteiger partial charge is 0.326 e. The zero-order chi connectivity index (χ0) is 20.2. The molecule has 0 radical (unpaired) electrons. The van der Waals surface area contributed by atoms with Crippen LogP contribution in [0, 0.1) is 0 Å². The van der Waals surface area contributed by atoms with Crippen LogP contribution in [-0.4, -0.2) is 27.1 Å². The van der Waals surface area contributed by atoms with Crippen molar-refractivity contribution in [2.75, 3.05) is 0 Å². The molecule has 0 fully saturated rings. The number of para-hydroxylation sites is 1. The lowest BCUT2D eigenvalue weighted by Crippen LogP contribution is -2.28. The highest BCUT2D eigenvalue weighted by molar-refractivity contribution is 8.04. The maximum Gasteiger partial charge on any atom is 0.326 e. The number of fused-ring (bicyclic) bond motifs is 1. The molecular weight excluding hydrogens is 410 g/mol. The number of nitrogens with one attached hydrogen (secondary N) is 3. The highest BCUT2D eigenvalue weighted by Crippen LogP contribution is 2.39. The van der Waals surface area contributed by atoms with E-state index in [-0.39, 0.29) is 5.69 Å². The minimum absolute atomic E-state index is 0.141. The Morgan fingerprint density at radius 1 is 1.21 bits per heavy atom. The first-order valence-corrected chi connectivity index (χ1v) is 10.6. The van der Waals surface area contributed by atoms with E-state index in [4.69, 9.17) is 0 Å². The lowest BCUT2D eigenvalue weighted by atomic mass is 10.0. The van der Waals surface area contributed by atoms with Gasteiger partial charge in [-0.1, -0.05) is 23.9 Å². The topological polar surface area (TPSA) is 120 Å². The van der Waals surface area contributed by atoms with Crippen LogP contribution in [0.25, 0.3) is 10.2 Å². The molecule has 2 aromatic heterocycles. The Balaban J connectivity index is 1.50. The first-order chi connectivity index (χ1) is 14.1. The minimum Gasteiger partial charge on any atom is -0.303 e. The number of carbonyl (C=O) groups is 1. The number of thiazole rings is 1. The molecule has 1 aromatic carbocycles. The van der Waals surface area contributed by atoms with Gasteiger partial charge in [0, 0.05) is 6.07 Å². The first kappa shape index (κ1) is 19.3. The van der Waals surface area contributed by atoms with Gasteiger partial charge in [0.1, 0.15) is 5.69 Å². The Bertz CT molecular complexity index is 1180. The summed E-state index contributed by atoms with van der Waals surface area (Å²) in [6.07, 6.45) is 5.61. The summed E-state index contributed by atoms with van der Waals surface area (Å²) in [7, 11) is 0. The van der Waals surface area contributed by atoms with E-state index < -0.39 is 17.2 Å². The Morgan fingerprint density at radius 3 is 2.86 bits per heavy atom. The maximum absolute atomic E-state index is 12.1. The van der Waals surface area contributed by atoms with Crippen molar-refractivity contribution in [1.82, 2.24) is 20.4 Å². The molecule has 1 amide bonds. The highest BCUT2D eigenvalue weighted by atomic mass is 32.2. The van der Waals surface area contributed by atoms with Gasteiger partial charge >= 0.3 is 5.69 Å². The average Bonchev–Trinajstić information content (AvgIpc) is 3.11. The van der Waals surface area contributed by atoms with Gasteiger partial charge in [0.2, 0.25) is 0 Å². The van der Waals surface area contributed by atoms with Crippen molar-refractivity contribution in [3.8, 4) is 0 Å². The van der Waals surface area contributed by atoms with E-state index in [2.05, 4.69) is 26.6 Å². The van der Waals surface area contributed by atoms with Gasteiger partial charge in [0.15, 0.2) is 4.34 Å². The molecule has 0 atom stereocenters. The average molecular weight is 428 g/mol. The van der Waals surface area contributed by atoms with Crippen molar-refractivity contribution >= 4 is 45.4 Å². The second-order valence-corrected chi connectivity index (χ2v) is 8.78. The van der Waals surface area contributed by atoms with Gasteiger partial charge in [-0.3, -0.25) is 14.6 Å². The van der Waals surface area contributed by atoms with Crippen LogP contribution in [0.3, 0.4) is 0 Å². The molecule has 3 aromatic rings. The van der Waals surface area contributed by atoms with Crippen molar-refractivity contribution in [3.63, 3.8) is 0 Å². The number of H-pyrrole nitrogens is 2. The summed E-state index contributed by atoms with van der Waals surface area (Å²) in [4.78, 5) is 44.8. The molecule has 0 bridgehead atoms. The van der Waals surface area contributed by atoms with Crippen molar-refractivity contribution in [3.05, 3.63) is 67.3 Å². The molecule has 2 heterocycles. The molecule has 0 unspecified atom stereocenters. The predicted molar refractivity (Wildman–Crippen MR) is 115 cm³/mol. The van der Waals surface area contributed by atoms with Crippen LogP contribution in [0.4, 0.5) is 0 Å². The molecule has 148 valence electrons. The third-order valence-corrected chi connectivity index (χ3v) is 6.64. The molecule has 4 rings (SSSR count). The number of hydrazone groups is 1. The number of aromatic amines is 2. The third kappa shape index (κ3) is 4.72. The van der Waals surface area contributed by atoms with Crippen LogP contribution in [0.15, 0.2) is 59.8 Å². The van der Waals surface area contributed by atoms with Gasteiger partial charge in [-0.2, -0.15) is 5.10 Å². The molecule has 1 aliphatic carbocycles. The highest BCUT2D eigenvalue weighted by Gasteiger charge is 2.15. The zero-order valence-corrected chi connectivity index (χ0v) is 16.9. The molecule has 29 heavy (non-hydrogen) atoms. The molecule has 3 N–H and O–H groups in total. The molecule has 10 heteroatoms. The van der Waals surface area contributed by atoms with E-state index in [9.17, 15) is 14.4 Å².